The number of hydrogen-bond donors (Lipinski definition) is 2. The monoisotopic (exact) mass is 250 g/mol. The van der Waals surface area contributed by atoms with Gasteiger partial charge < -0.3 is 10.1 Å². The molecule has 1 heterocycles. The van der Waals surface area contributed by atoms with Crippen LogP contribution in [0.2, 0.25) is 0 Å². The molecule has 0 aliphatic carbocycles. The quantitative estimate of drug-likeness (QED) is 0.601. The molecule has 0 saturated heterocycles. The smallest absolute Gasteiger partial charge is 0.158 e. The summed E-state index contributed by atoms with van der Waals surface area (Å²) in [5, 5.41) is 12.6. The molecule has 0 fully saturated rings. The lowest BCUT2D eigenvalue weighted by Crippen LogP contribution is -2.17. The average molecular weight is 250 g/mol. The lowest BCUT2D eigenvalue weighted by atomic mass is 10.3. The third-order valence-electron chi connectivity index (χ3n) is 2.06. The van der Waals surface area contributed by atoms with E-state index in [1.807, 2.05) is 35.7 Å². The zero-order valence-corrected chi connectivity index (χ0v) is 10.1. The molecule has 0 bridgehead atoms. The lowest BCUT2D eigenvalue weighted by molar-refractivity contribution is 0.310. The molecule has 0 unspecified atom stereocenters. The minimum Gasteiger partial charge on any atom is -0.494 e. The van der Waals surface area contributed by atoms with Gasteiger partial charge in [-0.2, -0.15) is 0 Å². The van der Waals surface area contributed by atoms with Gasteiger partial charge in [0.15, 0.2) is 5.82 Å². The molecule has 90 valence electrons. The van der Waals surface area contributed by atoms with Crippen molar-refractivity contribution in [1.29, 1.82) is 0 Å². The molecule has 0 saturated carbocycles. The molecule has 1 aromatic carbocycles. The van der Waals surface area contributed by atoms with E-state index < -0.39 is 0 Å². The number of benzene rings is 1. The highest BCUT2D eigenvalue weighted by Crippen LogP contribution is 2.09. The van der Waals surface area contributed by atoms with E-state index in [-0.39, 0.29) is 0 Å². The normalized spacial score (nSPS) is 13.8. The second-order valence-corrected chi connectivity index (χ2v) is 4.01. The van der Waals surface area contributed by atoms with Crippen molar-refractivity contribution in [3.05, 3.63) is 41.6 Å². The van der Waals surface area contributed by atoms with Gasteiger partial charge in [0.05, 0.1) is 6.61 Å². The first-order valence-corrected chi connectivity index (χ1v) is 6.26. The van der Waals surface area contributed by atoms with Crippen molar-refractivity contribution in [1.82, 2.24) is 10.1 Å². The number of para-hydroxylation sites is 1. The number of nitrogens with one attached hydrogen (secondary N) is 2. The molecule has 17 heavy (non-hydrogen) atoms. The van der Waals surface area contributed by atoms with Crippen molar-refractivity contribution in [3.63, 3.8) is 0 Å². The van der Waals surface area contributed by atoms with E-state index in [2.05, 4.69) is 20.5 Å². The summed E-state index contributed by atoms with van der Waals surface area (Å²) in [5.41, 5.74) is 0. The van der Waals surface area contributed by atoms with E-state index in [9.17, 15) is 0 Å². The molecule has 1 aliphatic heterocycles. The van der Waals surface area contributed by atoms with Gasteiger partial charge in [-0.05, 0) is 18.6 Å². The second kappa shape index (κ2) is 6.80. The lowest BCUT2D eigenvalue weighted by Gasteiger charge is -2.09. The highest BCUT2D eigenvalue weighted by atomic mass is 32.2. The van der Waals surface area contributed by atoms with Crippen LogP contribution in [-0.2, 0) is 0 Å². The summed E-state index contributed by atoms with van der Waals surface area (Å²) < 4.78 is 5.56. The van der Waals surface area contributed by atoms with Gasteiger partial charge in [-0.15, -0.1) is 5.11 Å². The Bertz CT molecular complexity index is 394. The third kappa shape index (κ3) is 4.36. The van der Waals surface area contributed by atoms with Crippen molar-refractivity contribution < 1.29 is 4.74 Å². The van der Waals surface area contributed by atoms with Crippen molar-refractivity contribution >= 4 is 11.9 Å². The summed E-state index contributed by atoms with van der Waals surface area (Å²) in [4.78, 5) is 2.67. The van der Waals surface area contributed by atoms with E-state index in [1.165, 1.54) is 11.9 Å². The molecule has 5 nitrogen and oxygen atoms in total. The Morgan fingerprint density at radius 1 is 1.29 bits per heavy atom. The Morgan fingerprint density at radius 2 is 2.18 bits per heavy atom. The van der Waals surface area contributed by atoms with Crippen LogP contribution in [0.1, 0.15) is 6.42 Å². The summed E-state index contributed by atoms with van der Waals surface area (Å²) in [7, 11) is 0. The minimum atomic E-state index is 0.687. The van der Waals surface area contributed by atoms with Crippen LogP contribution in [0.15, 0.2) is 51.9 Å². The summed E-state index contributed by atoms with van der Waals surface area (Å²) >= 11 is 1.40. The van der Waals surface area contributed by atoms with Crippen LogP contribution in [0.4, 0.5) is 0 Å². The highest BCUT2D eigenvalue weighted by molar-refractivity contribution is 8.00. The van der Waals surface area contributed by atoms with Gasteiger partial charge in [-0.25, -0.2) is 4.83 Å². The SMILES string of the molecule is C1=C(NCCCOc2ccccc2)N=NNS1. The topological polar surface area (TPSA) is 58.0 Å². The molecule has 6 heteroatoms. The maximum Gasteiger partial charge on any atom is 0.158 e. The fourth-order valence-electron chi connectivity index (χ4n) is 1.28. The number of nitrogens with zero attached hydrogens (tertiary/aromatic N) is 2. The second-order valence-electron chi connectivity index (χ2n) is 3.35. The van der Waals surface area contributed by atoms with E-state index in [0.29, 0.717) is 6.61 Å². The van der Waals surface area contributed by atoms with Crippen LogP contribution < -0.4 is 14.9 Å². The van der Waals surface area contributed by atoms with Crippen LogP contribution in [0.25, 0.3) is 0 Å². The fourth-order valence-corrected chi connectivity index (χ4v) is 1.66. The van der Waals surface area contributed by atoms with Gasteiger partial charge >= 0.3 is 0 Å². The predicted octanol–water partition coefficient (Wildman–Crippen LogP) is 2.46. The fraction of sp³-hybridized carbons (Fsp3) is 0.273. The van der Waals surface area contributed by atoms with Crippen molar-refractivity contribution in [2.45, 2.75) is 6.42 Å². The van der Waals surface area contributed by atoms with E-state index in [0.717, 1.165) is 24.5 Å². The van der Waals surface area contributed by atoms with E-state index in [1.54, 1.807) is 0 Å². The largest absolute Gasteiger partial charge is 0.494 e. The van der Waals surface area contributed by atoms with Crippen molar-refractivity contribution in [3.8, 4) is 5.75 Å². The van der Waals surface area contributed by atoms with Gasteiger partial charge in [0.25, 0.3) is 0 Å². The zero-order valence-electron chi connectivity index (χ0n) is 9.30. The molecular formula is C11H14N4OS. The first-order chi connectivity index (χ1) is 8.45. The number of hydrogen-bond acceptors (Lipinski definition) is 6. The number of rotatable bonds is 6. The summed E-state index contributed by atoms with van der Waals surface area (Å²) in [6.07, 6.45) is 0.917. The molecular weight excluding hydrogens is 236 g/mol. The first kappa shape index (κ1) is 11.8. The Hall–Kier alpha value is -1.69. The van der Waals surface area contributed by atoms with Gasteiger partial charge in [0.1, 0.15) is 5.75 Å². The average Bonchev–Trinajstić information content (AvgIpc) is 2.41. The van der Waals surface area contributed by atoms with Gasteiger partial charge in [-0.1, -0.05) is 23.4 Å². The Morgan fingerprint density at radius 3 is 2.94 bits per heavy atom. The highest BCUT2D eigenvalue weighted by Gasteiger charge is 1.98. The Labute approximate surface area is 104 Å². The third-order valence-corrected chi connectivity index (χ3v) is 2.59. The van der Waals surface area contributed by atoms with Gasteiger partial charge in [0.2, 0.25) is 0 Å². The van der Waals surface area contributed by atoms with Gasteiger partial charge in [0, 0.05) is 23.9 Å². The standard InChI is InChI=1S/C11H14N4OS/c1-2-5-10(6-3-1)16-8-4-7-12-11-9-17-15-14-13-11/h1-3,5-6,9,12H,4,7-8H2,(H,13,15). The summed E-state index contributed by atoms with van der Waals surface area (Å²) in [5.74, 6) is 1.69. The first-order valence-electron chi connectivity index (χ1n) is 5.38. The molecule has 0 aromatic heterocycles. The molecule has 0 amide bonds. The molecule has 0 radical (unpaired) electrons. The molecule has 2 rings (SSSR count). The van der Waals surface area contributed by atoms with E-state index in [4.69, 9.17) is 4.74 Å². The zero-order chi connectivity index (χ0) is 11.8. The molecule has 2 N–H and O–H groups in total. The number of ether oxygens (including phenoxy) is 1. The minimum absolute atomic E-state index is 0.687. The van der Waals surface area contributed by atoms with Crippen LogP contribution in [0.3, 0.4) is 0 Å². The van der Waals surface area contributed by atoms with Crippen molar-refractivity contribution in [2.24, 2.45) is 10.3 Å². The molecule has 1 aromatic rings. The maximum absolute atomic E-state index is 5.56. The Kier molecular flexibility index (Phi) is 4.71. The molecule has 0 atom stereocenters. The van der Waals surface area contributed by atoms with Crippen molar-refractivity contribution in [2.75, 3.05) is 13.2 Å². The summed E-state index contributed by atoms with van der Waals surface area (Å²) in [6.45, 7) is 1.51. The van der Waals surface area contributed by atoms with Crippen LogP contribution >= 0.6 is 11.9 Å². The van der Waals surface area contributed by atoms with Crippen LogP contribution in [-0.4, -0.2) is 13.2 Å². The van der Waals surface area contributed by atoms with Crippen LogP contribution in [0.5, 0.6) is 5.75 Å². The molecule has 0 spiro atoms. The molecule has 1 aliphatic rings. The predicted molar refractivity (Wildman–Crippen MR) is 68.2 cm³/mol. The Balaban J connectivity index is 1.58. The summed E-state index contributed by atoms with van der Waals surface area (Å²) in [6, 6.07) is 9.80. The van der Waals surface area contributed by atoms with E-state index >= 15 is 0 Å². The maximum atomic E-state index is 5.56. The van der Waals surface area contributed by atoms with Gasteiger partial charge in [-0.3, -0.25) is 0 Å². The van der Waals surface area contributed by atoms with Crippen LogP contribution in [0, 0.1) is 0 Å².